The molecule has 4 heteroatoms. The summed E-state index contributed by atoms with van der Waals surface area (Å²) in [5.41, 5.74) is 6.61. The summed E-state index contributed by atoms with van der Waals surface area (Å²) in [5.74, 6) is 1.60. The lowest BCUT2D eigenvalue weighted by Gasteiger charge is -2.08. The lowest BCUT2D eigenvalue weighted by Crippen LogP contribution is -2.03. The highest BCUT2D eigenvalue weighted by molar-refractivity contribution is 14.1. The molecule has 0 unspecified atom stereocenters. The maximum Gasteiger partial charge on any atom is 0.146 e. The van der Waals surface area contributed by atoms with Crippen molar-refractivity contribution in [2.75, 3.05) is 6.54 Å². The largest absolute Gasteiger partial charge is 0.455 e. The topological polar surface area (TPSA) is 48.1 Å². The fraction of sp³-hybridized carbons (Fsp3) is 0.154. The third-order valence-electron chi connectivity index (χ3n) is 2.27. The Kier molecular flexibility index (Phi) is 4.33. The van der Waals surface area contributed by atoms with Gasteiger partial charge in [-0.15, -0.1) is 0 Å². The van der Waals surface area contributed by atoms with Crippen molar-refractivity contribution < 1.29 is 4.74 Å². The van der Waals surface area contributed by atoms with Crippen molar-refractivity contribution in [2.24, 2.45) is 5.73 Å². The van der Waals surface area contributed by atoms with Gasteiger partial charge in [-0.1, -0.05) is 12.1 Å². The van der Waals surface area contributed by atoms with Crippen LogP contribution in [0.1, 0.15) is 5.56 Å². The first-order valence-electron chi connectivity index (χ1n) is 5.36. The van der Waals surface area contributed by atoms with Crippen LogP contribution in [0, 0.1) is 3.57 Å². The van der Waals surface area contributed by atoms with E-state index in [0.717, 1.165) is 27.1 Å². The third-order valence-corrected chi connectivity index (χ3v) is 3.16. The summed E-state index contributed by atoms with van der Waals surface area (Å²) >= 11 is 2.25. The first kappa shape index (κ1) is 12.3. The smallest absolute Gasteiger partial charge is 0.146 e. The van der Waals surface area contributed by atoms with E-state index in [1.165, 1.54) is 0 Å². The Morgan fingerprint density at radius 2 is 2.06 bits per heavy atom. The van der Waals surface area contributed by atoms with E-state index in [0.29, 0.717) is 6.54 Å². The van der Waals surface area contributed by atoms with Gasteiger partial charge in [-0.3, -0.25) is 4.98 Å². The zero-order chi connectivity index (χ0) is 12.1. The number of nitrogens with zero attached hydrogens (tertiary/aromatic N) is 1. The number of rotatable bonds is 4. The van der Waals surface area contributed by atoms with E-state index in [9.17, 15) is 0 Å². The Morgan fingerprint density at radius 3 is 2.82 bits per heavy atom. The van der Waals surface area contributed by atoms with E-state index in [4.69, 9.17) is 10.5 Å². The normalized spacial score (nSPS) is 10.2. The van der Waals surface area contributed by atoms with Crippen molar-refractivity contribution in [3.63, 3.8) is 0 Å². The molecule has 1 heterocycles. The van der Waals surface area contributed by atoms with Crippen LogP contribution >= 0.6 is 22.6 Å². The molecule has 1 aromatic carbocycles. The van der Waals surface area contributed by atoms with E-state index in [1.807, 2.05) is 36.5 Å². The molecule has 17 heavy (non-hydrogen) atoms. The van der Waals surface area contributed by atoms with Crippen LogP contribution < -0.4 is 10.5 Å². The second-order valence-electron chi connectivity index (χ2n) is 3.60. The Morgan fingerprint density at radius 1 is 1.24 bits per heavy atom. The molecule has 0 atom stereocenters. The van der Waals surface area contributed by atoms with Crippen molar-refractivity contribution in [1.82, 2.24) is 4.98 Å². The molecule has 0 aliphatic carbocycles. The maximum atomic E-state index is 5.79. The minimum atomic E-state index is 0.619. The fourth-order valence-corrected chi connectivity index (χ4v) is 1.97. The van der Waals surface area contributed by atoms with E-state index < -0.39 is 0 Å². The molecule has 0 amide bonds. The van der Waals surface area contributed by atoms with Gasteiger partial charge in [0.25, 0.3) is 0 Å². The van der Waals surface area contributed by atoms with Crippen LogP contribution in [0.15, 0.2) is 42.7 Å². The van der Waals surface area contributed by atoms with Gasteiger partial charge in [0, 0.05) is 6.20 Å². The van der Waals surface area contributed by atoms with Gasteiger partial charge >= 0.3 is 0 Å². The first-order valence-corrected chi connectivity index (χ1v) is 6.44. The molecule has 0 fully saturated rings. The van der Waals surface area contributed by atoms with Crippen LogP contribution in [0.5, 0.6) is 11.5 Å². The van der Waals surface area contributed by atoms with Crippen LogP contribution in [-0.2, 0) is 6.42 Å². The Hall–Kier alpha value is -1.14. The molecule has 0 saturated carbocycles. The van der Waals surface area contributed by atoms with Gasteiger partial charge in [0.15, 0.2) is 0 Å². The minimum Gasteiger partial charge on any atom is -0.455 e. The summed E-state index contributed by atoms with van der Waals surface area (Å²) in [6.07, 6.45) is 4.34. The Labute approximate surface area is 114 Å². The van der Waals surface area contributed by atoms with Crippen molar-refractivity contribution in [2.45, 2.75) is 6.42 Å². The molecule has 2 aromatic rings. The molecular formula is C13H13IN2O. The standard InChI is InChI=1S/C13H13IN2O/c14-12-3-1-2-4-13(12)17-11-7-10(5-6-15)8-16-9-11/h1-4,7-9H,5-6,15H2. The molecule has 3 nitrogen and oxygen atoms in total. The summed E-state index contributed by atoms with van der Waals surface area (Å²) in [6.45, 7) is 0.619. The highest BCUT2D eigenvalue weighted by Crippen LogP contribution is 2.26. The monoisotopic (exact) mass is 340 g/mol. The highest BCUT2D eigenvalue weighted by Gasteiger charge is 2.02. The van der Waals surface area contributed by atoms with Crippen LogP contribution in [0.4, 0.5) is 0 Å². The summed E-state index contributed by atoms with van der Waals surface area (Å²) < 4.78 is 6.86. The minimum absolute atomic E-state index is 0.619. The number of pyridine rings is 1. The molecule has 0 aliphatic heterocycles. The number of aromatic nitrogens is 1. The van der Waals surface area contributed by atoms with Gasteiger partial charge in [-0.2, -0.15) is 0 Å². The third kappa shape index (κ3) is 3.41. The van der Waals surface area contributed by atoms with Crippen LogP contribution in [0.2, 0.25) is 0 Å². The maximum absolute atomic E-state index is 5.79. The Balaban J connectivity index is 2.18. The number of nitrogens with two attached hydrogens (primary N) is 1. The van der Waals surface area contributed by atoms with E-state index in [1.54, 1.807) is 6.20 Å². The predicted molar refractivity (Wildman–Crippen MR) is 76.2 cm³/mol. The number of hydrogen-bond acceptors (Lipinski definition) is 3. The van der Waals surface area contributed by atoms with Gasteiger partial charge in [0.1, 0.15) is 11.5 Å². The van der Waals surface area contributed by atoms with E-state index in [2.05, 4.69) is 27.6 Å². The van der Waals surface area contributed by atoms with Gasteiger partial charge in [0.05, 0.1) is 9.77 Å². The zero-order valence-corrected chi connectivity index (χ0v) is 11.4. The van der Waals surface area contributed by atoms with Crippen molar-refractivity contribution in [3.8, 4) is 11.5 Å². The second kappa shape index (κ2) is 5.97. The average Bonchev–Trinajstić information content (AvgIpc) is 2.33. The van der Waals surface area contributed by atoms with E-state index >= 15 is 0 Å². The van der Waals surface area contributed by atoms with Gasteiger partial charge in [0.2, 0.25) is 0 Å². The number of hydrogen-bond donors (Lipinski definition) is 1. The molecule has 88 valence electrons. The highest BCUT2D eigenvalue weighted by atomic mass is 127. The van der Waals surface area contributed by atoms with Crippen LogP contribution in [0.25, 0.3) is 0 Å². The molecule has 0 spiro atoms. The summed E-state index contributed by atoms with van der Waals surface area (Å²) in [4.78, 5) is 4.15. The fourth-order valence-electron chi connectivity index (χ4n) is 1.48. The number of ether oxygens (including phenoxy) is 1. The van der Waals surface area contributed by atoms with Crippen molar-refractivity contribution >= 4 is 22.6 Å². The van der Waals surface area contributed by atoms with Gasteiger partial charge in [-0.25, -0.2) is 0 Å². The van der Waals surface area contributed by atoms with Gasteiger partial charge in [-0.05, 0) is 59.3 Å². The Bertz CT molecular complexity index is 502. The number of halogens is 1. The molecule has 2 N–H and O–H groups in total. The average molecular weight is 340 g/mol. The first-order chi connectivity index (χ1) is 8.29. The van der Waals surface area contributed by atoms with Crippen LogP contribution in [-0.4, -0.2) is 11.5 Å². The SMILES string of the molecule is NCCc1cncc(Oc2ccccc2I)c1. The quantitative estimate of drug-likeness (QED) is 0.871. The molecule has 0 aliphatic rings. The predicted octanol–water partition coefficient (Wildman–Crippen LogP) is 2.98. The summed E-state index contributed by atoms with van der Waals surface area (Å²) in [5, 5.41) is 0. The van der Waals surface area contributed by atoms with Crippen molar-refractivity contribution in [3.05, 3.63) is 51.9 Å². The molecule has 0 saturated heterocycles. The van der Waals surface area contributed by atoms with Crippen LogP contribution in [0.3, 0.4) is 0 Å². The van der Waals surface area contributed by atoms with Gasteiger partial charge < -0.3 is 10.5 Å². The molecule has 2 rings (SSSR count). The number of benzene rings is 1. The molecular weight excluding hydrogens is 327 g/mol. The number of para-hydroxylation sites is 1. The second-order valence-corrected chi connectivity index (χ2v) is 4.76. The van der Waals surface area contributed by atoms with Crippen molar-refractivity contribution in [1.29, 1.82) is 0 Å². The van der Waals surface area contributed by atoms with E-state index in [-0.39, 0.29) is 0 Å². The molecule has 0 bridgehead atoms. The zero-order valence-electron chi connectivity index (χ0n) is 9.27. The summed E-state index contributed by atoms with van der Waals surface area (Å²) in [6, 6.07) is 9.86. The lowest BCUT2D eigenvalue weighted by molar-refractivity contribution is 0.476. The molecule has 0 radical (unpaired) electrons. The molecule has 1 aromatic heterocycles. The lowest BCUT2D eigenvalue weighted by atomic mass is 10.2. The summed E-state index contributed by atoms with van der Waals surface area (Å²) in [7, 11) is 0.